The van der Waals surface area contributed by atoms with Crippen LogP contribution in [0.3, 0.4) is 0 Å². The molecule has 0 heterocycles. The number of nitrogens with two attached hydrogens (primary N) is 1. The van der Waals surface area contributed by atoms with Crippen molar-refractivity contribution in [2.24, 2.45) is 11.7 Å². The number of imide groups is 1. The summed E-state index contributed by atoms with van der Waals surface area (Å²) < 4.78 is 0. The summed E-state index contributed by atoms with van der Waals surface area (Å²) in [4.78, 5) is 35.4. The summed E-state index contributed by atoms with van der Waals surface area (Å²) in [5.74, 6) is -1.46. The molecule has 0 unspecified atom stereocenters. The molecule has 0 bridgehead atoms. The van der Waals surface area contributed by atoms with Gasteiger partial charge in [-0.25, -0.2) is 0 Å². The fourth-order valence-corrected chi connectivity index (χ4v) is 1.76. The fraction of sp³-hybridized carbons (Fsp3) is 0.438. The molecule has 0 aliphatic carbocycles. The highest BCUT2D eigenvalue weighted by Gasteiger charge is 2.23. The van der Waals surface area contributed by atoms with E-state index in [1.807, 2.05) is 30.3 Å². The third-order valence-electron chi connectivity index (χ3n) is 3.25. The van der Waals surface area contributed by atoms with Gasteiger partial charge in [0.05, 0.1) is 12.5 Å². The van der Waals surface area contributed by atoms with Crippen molar-refractivity contribution in [3.8, 4) is 0 Å². The molecule has 0 saturated carbocycles. The van der Waals surface area contributed by atoms with Crippen LogP contribution < -0.4 is 16.4 Å². The van der Waals surface area contributed by atoms with E-state index in [1.165, 1.54) is 6.92 Å². The van der Waals surface area contributed by atoms with Gasteiger partial charge in [0, 0.05) is 0 Å². The number of carbonyl (C=O) groups is 3. The Bertz CT molecular complexity index is 529. The highest BCUT2D eigenvalue weighted by atomic mass is 16.2. The average Bonchev–Trinajstić information content (AvgIpc) is 2.46. The van der Waals surface area contributed by atoms with Crippen LogP contribution in [0.1, 0.15) is 26.3 Å². The molecule has 0 aliphatic heterocycles. The standard InChI is InChI=1S/C16H23N3O3/c1-10(2)14(17)16(22)19-15(21)11(3)18-13(20)9-12-7-5-4-6-8-12/h4-8,10-11,14H,9,17H2,1-3H3,(H,18,20)(H,19,21,22)/t11-,14-/m0/s1. The first kappa shape index (κ1) is 17.8. The molecule has 0 spiro atoms. The van der Waals surface area contributed by atoms with Crippen LogP contribution in [0.25, 0.3) is 0 Å². The van der Waals surface area contributed by atoms with E-state index < -0.39 is 23.9 Å². The van der Waals surface area contributed by atoms with Crippen molar-refractivity contribution in [2.75, 3.05) is 0 Å². The van der Waals surface area contributed by atoms with Gasteiger partial charge in [-0.1, -0.05) is 44.2 Å². The number of hydrogen-bond acceptors (Lipinski definition) is 4. The number of nitrogens with one attached hydrogen (secondary N) is 2. The lowest BCUT2D eigenvalue weighted by molar-refractivity contribution is -0.134. The lowest BCUT2D eigenvalue weighted by atomic mass is 10.0. The molecular weight excluding hydrogens is 282 g/mol. The molecule has 1 rings (SSSR count). The van der Waals surface area contributed by atoms with Crippen molar-refractivity contribution in [3.63, 3.8) is 0 Å². The second-order valence-electron chi connectivity index (χ2n) is 5.57. The van der Waals surface area contributed by atoms with Gasteiger partial charge in [-0.05, 0) is 18.4 Å². The molecule has 1 aromatic rings. The van der Waals surface area contributed by atoms with E-state index in [4.69, 9.17) is 5.73 Å². The van der Waals surface area contributed by atoms with Crippen molar-refractivity contribution in [2.45, 2.75) is 39.3 Å². The van der Waals surface area contributed by atoms with Gasteiger partial charge in [0.1, 0.15) is 6.04 Å². The molecule has 22 heavy (non-hydrogen) atoms. The Labute approximate surface area is 130 Å². The van der Waals surface area contributed by atoms with Crippen LogP contribution in [-0.4, -0.2) is 29.8 Å². The van der Waals surface area contributed by atoms with Crippen LogP contribution in [0.5, 0.6) is 0 Å². The maximum absolute atomic E-state index is 11.9. The molecule has 0 radical (unpaired) electrons. The number of carbonyl (C=O) groups excluding carboxylic acids is 3. The minimum atomic E-state index is -0.806. The van der Waals surface area contributed by atoms with Crippen molar-refractivity contribution in [1.29, 1.82) is 0 Å². The molecule has 4 N–H and O–H groups in total. The van der Waals surface area contributed by atoms with E-state index in [9.17, 15) is 14.4 Å². The summed E-state index contributed by atoms with van der Waals surface area (Å²) in [5, 5.41) is 4.77. The molecular formula is C16H23N3O3. The number of hydrogen-bond donors (Lipinski definition) is 3. The summed E-state index contributed by atoms with van der Waals surface area (Å²) in [6.07, 6.45) is 0.178. The summed E-state index contributed by atoms with van der Waals surface area (Å²) >= 11 is 0. The topological polar surface area (TPSA) is 101 Å². The van der Waals surface area contributed by atoms with Crippen molar-refractivity contribution < 1.29 is 14.4 Å². The van der Waals surface area contributed by atoms with Gasteiger partial charge in [-0.2, -0.15) is 0 Å². The molecule has 2 atom stereocenters. The van der Waals surface area contributed by atoms with E-state index in [-0.39, 0.29) is 18.2 Å². The number of rotatable bonds is 6. The largest absolute Gasteiger partial charge is 0.344 e. The summed E-state index contributed by atoms with van der Waals surface area (Å²) in [5.41, 5.74) is 6.51. The monoisotopic (exact) mass is 305 g/mol. The van der Waals surface area contributed by atoms with E-state index in [0.717, 1.165) is 5.56 Å². The normalized spacial score (nSPS) is 13.3. The van der Waals surface area contributed by atoms with Crippen LogP contribution in [0, 0.1) is 5.92 Å². The minimum absolute atomic E-state index is 0.0734. The van der Waals surface area contributed by atoms with Gasteiger partial charge in [0.2, 0.25) is 17.7 Å². The van der Waals surface area contributed by atoms with E-state index in [0.29, 0.717) is 0 Å². The first-order valence-corrected chi connectivity index (χ1v) is 7.24. The van der Waals surface area contributed by atoms with Gasteiger partial charge in [-0.3, -0.25) is 19.7 Å². The third-order valence-corrected chi connectivity index (χ3v) is 3.25. The quantitative estimate of drug-likeness (QED) is 0.706. The SMILES string of the molecule is CC(C)[C@H](N)C(=O)NC(=O)[C@H](C)NC(=O)Cc1ccccc1. The molecule has 0 saturated heterocycles. The van der Waals surface area contributed by atoms with E-state index >= 15 is 0 Å². The van der Waals surface area contributed by atoms with Crippen molar-refractivity contribution >= 4 is 17.7 Å². The molecule has 1 aromatic carbocycles. The highest BCUT2D eigenvalue weighted by Crippen LogP contribution is 2.00. The lowest BCUT2D eigenvalue weighted by Crippen LogP contribution is -2.52. The van der Waals surface area contributed by atoms with Crippen LogP contribution in [0.15, 0.2) is 30.3 Å². The van der Waals surface area contributed by atoms with Crippen LogP contribution in [0.4, 0.5) is 0 Å². The fourth-order valence-electron chi connectivity index (χ4n) is 1.76. The van der Waals surface area contributed by atoms with E-state index in [2.05, 4.69) is 10.6 Å². The van der Waals surface area contributed by atoms with Gasteiger partial charge < -0.3 is 11.1 Å². The van der Waals surface area contributed by atoms with Gasteiger partial charge >= 0.3 is 0 Å². The Balaban J connectivity index is 2.47. The molecule has 0 fully saturated rings. The summed E-state index contributed by atoms with van der Waals surface area (Å²) in [6.45, 7) is 5.10. The molecule has 6 nitrogen and oxygen atoms in total. The second-order valence-corrected chi connectivity index (χ2v) is 5.57. The Morgan fingerprint density at radius 2 is 1.64 bits per heavy atom. The molecule has 6 heteroatoms. The highest BCUT2D eigenvalue weighted by molar-refractivity contribution is 6.01. The Morgan fingerprint density at radius 1 is 1.05 bits per heavy atom. The molecule has 120 valence electrons. The lowest BCUT2D eigenvalue weighted by Gasteiger charge is -2.17. The van der Waals surface area contributed by atoms with Crippen molar-refractivity contribution in [3.05, 3.63) is 35.9 Å². The summed E-state index contributed by atoms with van der Waals surface area (Å²) in [7, 11) is 0. The first-order chi connectivity index (χ1) is 10.3. The number of amides is 3. The zero-order chi connectivity index (χ0) is 16.7. The third kappa shape index (κ3) is 5.65. The number of benzene rings is 1. The summed E-state index contributed by atoms with van der Waals surface area (Å²) in [6, 6.07) is 7.64. The predicted molar refractivity (Wildman–Crippen MR) is 83.7 cm³/mol. The molecule has 0 aliphatic rings. The van der Waals surface area contributed by atoms with Crippen molar-refractivity contribution in [1.82, 2.24) is 10.6 Å². The minimum Gasteiger partial charge on any atom is -0.344 e. The zero-order valence-corrected chi connectivity index (χ0v) is 13.1. The van der Waals surface area contributed by atoms with Gasteiger partial charge in [0.25, 0.3) is 0 Å². The Kier molecular flexibility index (Phi) is 6.72. The maximum atomic E-state index is 11.9. The van der Waals surface area contributed by atoms with Gasteiger partial charge in [0.15, 0.2) is 0 Å². The Morgan fingerprint density at radius 3 is 2.18 bits per heavy atom. The average molecular weight is 305 g/mol. The molecule has 0 aromatic heterocycles. The zero-order valence-electron chi connectivity index (χ0n) is 13.1. The van der Waals surface area contributed by atoms with Crippen LogP contribution in [0.2, 0.25) is 0 Å². The van der Waals surface area contributed by atoms with Gasteiger partial charge in [-0.15, -0.1) is 0 Å². The predicted octanol–water partition coefficient (Wildman–Crippen LogP) is 0.360. The van der Waals surface area contributed by atoms with Crippen LogP contribution in [-0.2, 0) is 20.8 Å². The van der Waals surface area contributed by atoms with Crippen LogP contribution >= 0.6 is 0 Å². The second kappa shape index (κ2) is 8.29. The Hall–Kier alpha value is -2.21. The maximum Gasteiger partial charge on any atom is 0.248 e. The first-order valence-electron chi connectivity index (χ1n) is 7.24. The smallest absolute Gasteiger partial charge is 0.248 e. The molecule has 3 amide bonds. The van der Waals surface area contributed by atoms with E-state index in [1.54, 1.807) is 13.8 Å².